The number of hydrogen-bond donors (Lipinski definition) is 0. The molecule has 7 nitrogen and oxygen atoms in total. The van der Waals surface area contributed by atoms with Crippen LogP contribution in [0.1, 0.15) is 45.8 Å². The summed E-state index contributed by atoms with van der Waals surface area (Å²) in [5.74, 6) is -0.203. The SMILES string of the molecule is CCOC(=O)COc1cccc(C=Nc2sc3c(c2C(=O)OCC)CCN(Cc2ccccc2)C3)c1. The molecule has 3 aromatic rings. The lowest BCUT2D eigenvalue weighted by atomic mass is 10.0. The maximum Gasteiger partial charge on any atom is 0.344 e. The second-order valence-electron chi connectivity index (χ2n) is 8.28. The first-order chi connectivity index (χ1) is 17.6. The monoisotopic (exact) mass is 506 g/mol. The first-order valence-electron chi connectivity index (χ1n) is 12.1. The van der Waals surface area contributed by atoms with Crippen molar-refractivity contribution < 1.29 is 23.8 Å². The molecule has 2 heterocycles. The molecule has 1 aliphatic rings. The van der Waals surface area contributed by atoms with Crippen LogP contribution >= 0.6 is 11.3 Å². The van der Waals surface area contributed by atoms with E-state index >= 15 is 0 Å². The third-order valence-electron chi connectivity index (χ3n) is 5.70. The van der Waals surface area contributed by atoms with Crippen molar-refractivity contribution in [1.29, 1.82) is 0 Å². The standard InChI is InChI=1S/C28H30N2O5S/c1-3-33-25(31)19-35-22-12-8-11-21(15-22)16-29-27-26(28(32)34-4-2)23-13-14-30(18-24(23)36-27)17-20-9-6-5-7-10-20/h5-12,15-16H,3-4,13-14,17-19H2,1-2H3. The zero-order chi connectivity index (χ0) is 25.3. The Morgan fingerprint density at radius 2 is 1.86 bits per heavy atom. The number of fused-ring (bicyclic) bond motifs is 1. The predicted molar refractivity (Wildman–Crippen MR) is 140 cm³/mol. The van der Waals surface area contributed by atoms with Crippen LogP contribution in [0.15, 0.2) is 59.6 Å². The van der Waals surface area contributed by atoms with E-state index in [0.29, 0.717) is 29.5 Å². The van der Waals surface area contributed by atoms with Gasteiger partial charge < -0.3 is 14.2 Å². The normalized spacial score (nSPS) is 13.4. The van der Waals surface area contributed by atoms with Gasteiger partial charge in [-0.15, -0.1) is 11.3 Å². The number of aliphatic imine (C=N–C) groups is 1. The van der Waals surface area contributed by atoms with Gasteiger partial charge in [0.1, 0.15) is 10.8 Å². The van der Waals surface area contributed by atoms with Crippen LogP contribution in [0.5, 0.6) is 5.75 Å². The highest BCUT2D eigenvalue weighted by Gasteiger charge is 2.28. The highest BCUT2D eigenvalue weighted by Crippen LogP contribution is 2.39. The molecule has 36 heavy (non-hydrogen) atoms. The highest BCUT2D eigenvalue weighted by atomic mass is 32.1. The van der Waals surface area contributed by atoms with Crippen molar-refractivity contribution in [2.24, 2.45) is 4.99 Å². The molecule has 0 radical (unpaired) electrons. The third-order valence-corrected chi connectivity index (χ3v) is 6.82. The van der Waals surface area contributed by atoms with Gasteiger partial charge in [-0.3, -0.25) is 4.90 Å². The van der Waals surface area contributed by atoms with E-state index in [9.17, 15) is 9.59 Å². The van der Waals surface area contributed by atoms with Gasteiger partial charge in [0.15, 0.2) is 6.61 Å². The summed E-state index contributed by atoms with van der Waals surface area (Å²) in [4.78, 5) is 32.7. The Morgan fingerprint density at radius 1 is 1.06 bits per heavy atom. The van der Waals surface area contributed by atoms with E-state index in [0.717, 1.165) is 42.1 Å². The van der Waals surface area contributed by atoms with Crippen LogP contribution in [-0.2, 0) is 33.8 Å². The van der Waals surface area contributed by atoms with Gasteiger partial charge in [0.2, 0.25) is 0 Å². The van der Waals surface area contributed by atoms with Gasteiger partial charge in [-0.1, -0.05) is 42.5 Å². The number of hydrogen-bond acceptors (Lipinski definition) is 8. The van der Waals surface area contributed by atoms with Gasteiger partial charge in [-0.25, -0.2) is 14.6 Å². The summed E-state index contributed by atoms with van der Waals surface area (Å²) in [7, 11) is 0. The van der Waals surface area contributed by atoms with Gasteiger partial charge in [0.25, 0.3) is 0 Å². The van der Waals surface area contributed by atoms with Crippen LogP contribution in [-0.4, -0.2) is 49.4 Å². The fraction of sp³-hybridized carbons (Fsp3) is 0.321. The van der Waals surface area contributed by atoms with E-state index in [2.05, 4.69) is 34.2 Å². The number of carbonyl (C=O) groups is 2. The molecule has 0 fully saturated rings. The summed E-state index contributed by atoms with van der Waals surface area (Å²) >= 11 is 1.54. The summed E-state index contributed by atoms with van der Waals surface area (Å²) in [6, 6.07) is 17.7. The minimum Gasteiger partial charge on any atom is -0.482 e. The predicted octanol–water partition coefficient (Wildman–Crippen LogP) is 5.18. The largest absolute Gasteiger partial charge is 0.482 e. The Hall–Kier alpha value is -3.49. The highest BCUT2D eigenvalue weighted by molar-refractivity contribution is 7.16. The Kier molecular flexibility index (Phi) is 8.86. The van der Waals surface area contributed by atoms with Crippen LogP contribution in [0.2, 0.25) is 0 Å². The van der Waals surface area contributed by atoms with Gasteiger partial charge >= 0.3 is 11.9 Å². The Bertz CT molecular complexity index is 1220. The summed E-state index contributed by atoms with van der Waals surface area (Å²) in [5, 5.41) is 0.651. The molecule has 0 saturated carbocycles. The Balaban J connectivity index is 1.53. The number of thiophene rings is 1. The average Bonchev–Trinajstić information content (AvgIpc) is 3.25. The second-order valence-corrected chi connectivity index (χ2v) is 9.36. The van der Waals surface area contributed by atoms with Crippen molar-refractivity contribution in [2.75, 3.05) is 26.4 Å². The molecule has 0 spiro atoms. The van der Waals surface area contributed by atoms with Crippen LogP contribution < -0.4 is 4.74 Å². The first-order valence-corrected chi connectivity index (χ1v) is 12.9. The van der Waals surface area contributed by atoms with Crippen LogP contribution in [0, 0.1) is 0 Å². The van der Waals surface area contributed by atoms with Gasteiger partial charge in [-0.2, -0.15) is 0 Å². The number of esters is 2. The molecule has 0 saturated heterocycles. The van der Waals surface area contributed by atoms with Crippen molar-refractivity contribution >= 4 is 34.5 Å². The molecule has 0 unspecified atom stereocenters. The molecule has 0 bridgehead atoms. The molecular weight excluding hydrogens is 476 g/mol. The Morgan fingerprint density at radius 3 is 2.64 bits per heavy atom. The molecule has 0 N–H and O–H groups in total. The fourth-order valence-electron chi connectivity index (χ4n) is 4.09. The molecule has 1 aliphatic heterocycles. The van der Waals surface area contributed by atoms with Gasteiger partial charge in [0.05, 0.1) is 18.8 Å². The van der Waals surface area contributed by atoms with Crippen molar-refractivity contribution in [2.45, 2.75) is 33.4 Å². The lowest BCUT2D eigenvalue weighted by molar-refractivity contribution is -0.145. The Labute approximate surface area is 215 Å². The molecule has 0 atom stereocenters. The van der Waals surface area contributed by atoms with E-state index in [1.54, 1.807) is 36.6 Å². The molecule has 8 heteroatoms. The van der Waals surface area contributed by atoms with Crippen LogP contribution in [0.3, 0.4) is 0 Å². The zero-order valence-electron chi connectivity index (χ0n) is 20.6. The van der Waals surface area contributed by atoms with Crippen LogP contribution in [0.4, 0.5) is 5.00 Å². The van der Waals surface area contributed by atoms with Crippen molar-refractivity contribution in [3.8, 4) is 5.75 Å². The number of ether oxygens (including phenoxy) is 3. The number of nitrogens with zero attached hydrogens (tertiary/aromatic N) is 2. The van der Waals surface area contributed by atoms with Crippen molar-refractivity contribution in [3.63, 3.8) is 0 Å². The minimum absolute atomic E-state index is 0.154. The third kappa shape index (κ3) is 6.59. The molecule has 2 aromatic carbocycles. The first kappa shape index (κ1) is 25.6. The molecule has 4 rings (SSSR count). The summed E-state index contributed by atoms with van der Waals surface area (Å²) < 4.78 is 15.8. The fourth-order valence-corrected chi connectivity index (χ4v) is 5.31. The van der Waals surface area contributed by atoms with E-state index in [1.807, 2.05) is 25.1 Å². The van der Waals surface area contributed by atoms with Gasteiger partial charge in [0, 0.05) is 30.7 Å². The maximum absolute atomic E-state index is 12.9. The molecule has 0 aliphatic carbocycles. The summed E-state index contributed by atoms with van der Waals surface area (Å²) in [6.45, 7) is 6.54. The molecule has 188 valence electrons. The summed E-state index contributed by atoms with van der Waals surface area (Å²) in [5.41, 5.74) is 3.68. The smallest absolute Gasteiger partial charge is 0.344 e. The minimum atomic E-state index is -0.416. The lowest BCUT2D eigenvalue weighted by Crippen LogP contribution is -2.29. The zero-order valence-corrected chi connectivity index (χ0v) is 21.4. The van der Waals surface area contributed by atoms with E-state index < -0.39 is 5.97 Å². The van der Waals surface area contributed by atoms with Crippen LogP contribution in [0.25, 0.3) is 0 Å². The van der Waals surface area contributed by atoms with E-state index in [-0.39, 0.29) is 12.6 Å². The molecule has 1 aromatic heterocycles. The van der Waals surface area contributed by atoms with Crippen molar-refractivity contribution in [3.05, 3.63) is 81.7 Å². The second kappa shape index (κ2) is 12.5. The van der Waals surface area contributed by atoms with Gasteiger partial charge in [-0.05, 0) is 49.1 Å². The maximum atomic E-state index is 12.9. The lowest BCUT2D eigenvalue weighted by Gasteiger charge is -2.27. The number of carbonyl (C=O) groups excluding carboxylic acids is 2. The molecule has 0 amide bonds. The number of rotatable bonds is 10. The number of benzene rings is 2. The van der Waals surface area contributed by atoms with E-state index in [4.69, 9.17) is 14.2 Å². The topological polar surface area (TPSA) is 77.4 Å². The van der Waals surface area contributed by atoms with Crippen molar-refractivity contribution in [1.82, 2.24) is 4.90 Å². The van der Waals surface area contributed by atoms with E-state index in [1.165, 1.54) is 5.56 Å². The average molecular weight is 507 g/mol. The quantitative estimate of drug-likeness (QED) is 0.279. The molecular formula is C28H30N2O5S. The summed E-state index contributed by atoms with van der Waals surface area (Å²) in [6.07, 6.45) is 2.48.